The summed E-state index contributed by atoms with van der Waals surface area (Å²) in [7, 11) is 0. The molecular weight excluding hydrogens is 536 g/mol. The van der Waals surface area contributed by atoms with Gasteiger partial charge in [-0.3, -0.25) is 8.80 Å². The van der Waals surface area contributed by atoms with Gasteiger partial charge in [0.2, 0.25) is 5.78 Å². The molecule has 7 aromatic carbocycles. The van der Waals surface area contributed by atoms with E-state index in [1.54, 1.807) is 0 Å². The summed E-state index contributed by atoms with van der Waals surface area (Å²) in [6.07, 6.45) is 0. The Kier molecular flexibility index (Phi) is 4.49. The SMILES string of the molecule is N#Cc1ccc(-c2ccccc2)c(-c2cc3c4cc5ccccc5cc4n4c3c(c2)n2c3cc5ccccc5cc3nc24)c1. The average Bonchev–Trinajstić information content (AvgIpc) is 3.71. The number of aromatic nitrogens is 3. The molecule has 0 bridgehead atoms. The van der Waals surface area contributed by atoms with Crippen molar-refractivity contribution in [2.45, 2.75) is 0 Å². The van der Waals surface area contributed by atoms with Crippen LogP contribution in [0.1, 0.15) is 5.56 Å². The minimum atomic E-state index is 0.643. The van der Waals surface area contributed by atoms with Crippen LogP contribution in [0.2, 0.25) is 0 Å². The molecule has 3 heterocycles. The summed E-state index contributed by atoms with van der Waals surface area (Å²) in [5, 5.41) is 17.1. The van der Waals surface area contributed by atoms with E-state index < -0.39 is 0 Å². The maximum Gasteiger partial charge on any atom is 0.220 e. The van der Waals surface area contributed by atoms with E-state index in [-0.39, 0.29) is 0 Å². The number of fused-ring (bicyclic) bond motifs is 10. The van der Waals surface area contributed by atoms with Gasteiger partial charge >= 0.3 is 0 Å². The van der Waals surface area contributed by atoms with Crippen molar-refractivity contribution in [3.8, 4) is 28.3 Å². The Balaban J connectivity index is 1.41. The van der Waals surface area contributed by atoms with Crippen molar-refractivity contribution < 1.29 is 0 Å². The van der Waals surface area contributed by atoms with Crippen molar-refractivity contribution >= 4 is 65.7 Å². The Morgan fingerprint density at radius 3 is 1.93 bits per heavy atom. The number of benzene rings is 7. The molecule has 10 aromatic rings. The summed E-state index contributed by atoms with van der Waals surface area (Å²) in [6.45, 7) is 0. The van der Waals surface area contributed by atoms with Crippen LogP contribution in [-0.2, 0) is 0 Å². The first kappa shape index (κ1) is 23.4. The highest BCUT2D eigenvalue weighted by molar-refractivity contribution is 6.20. The zero-order valence-electron chi connectivity index (χ0n) is 23.5. The number of nitrogens with zero attached hydrogens (tertiary/aromatic N) is 4. The Morgan fingerprint density at radius 2 is 1.18 bits per heavy atom. The summed E-state index contributed by atoms with van der Waals surface area (Å²) in [5.74, 6) is 0.909. The fraction of sp³-hybridized carbons (Fsp3) is 0. The van der Waals surface area contributed by atoms with Gasteiger partial charge in [0.15, 0.2) is 0 Å². The maximum atomic E-state index is 9.90. The fourth-order valence-electron chi connectivity index (χ4n) is 7.20. The minimum absolute atomic E-state index is 0.643. The molecule has 44 heavy (non-hydrogen) atoms. The van der Waals surface area contributed by atoms with Crippen molar-refractivity contribution in [2.75, 3.05) is 0 Å². The highest BCUT2D eigenvalue weighted by Gasteiger charge is 2.23. The highest BCUT2D eigenvalue weighted by atomic mass is 15.2. The second-order valence-electron chi connectivity index (χ2n) is 11.6. The Hall–Kier alpha value is -6.18. The zero-order valence-corrected chi connectivity index (χ0v) is 23.5. The van der Waals surface area contributed by atoms with Gasteiger partial charge < -0.3 is 0 Å². The Morgan fingerprint density at radius 1 is 0.500 bits per heavy atom. The second kappa shape index (κ2) is 8.44. The topological polar surface area (TPSA) is 45.5 Å². The Labute approximate surface area is 251 Å². The van der Waals surface area contributed by atoms with Gasteiger partial charge in [-0.05, 0) is 92.3 Å². The molecule has 0 unspecified atom stereocenters. The van der Waals surface area contributed by atoms with Crippen LogP contribution < -0.4 is 0 Å². The van der Waals surface area contributed by atoms with Crippen LogP contribution >= 0.6 is 0 Å². The molecule has 0 spiro atoms. The molecule has 0 saturated heterocycles. The van der Waals surface area contributed by atoms with Crippen molar-refractivity contribution in [1.82, 2.24) is 13.8 Å². The second-order valence-corrected chi connectivity index (χ2v) is 11.6. The van der Waals surface area contributed by atoms with E-state index in [9.17, 15) is 5.26 Å². The first-order valence-corrected chi connectivity index (χ1v) is 14.8. The van der Waals surface area contributed by atoms with Gasteiger partial charge in [-0.25, -0.2) is 4.98 Å². The predicted octanol–water partition coefficient (Wildman–Crippen LogP) is 10.00. The third kappa shape index (κ3) is 3.08. The van der Waals surface area contributed by atoms with Crippen LogP contribution in [0.3, 0.4) is 0 Å². The molecule has 0 atom stereocenters. The van der Waals surface area contributed by atoms with Crippen molar-refractivity contribution in [3.63, 3.8) is 0 Å². The van der Waals surface area contributed by atoms with E-state index in [4.69, 9.17) is 4.98 Å². The van der Waals surface area contributed by atoms with Crippen molar-refractivity contribution in [3.05, 3.63) is 139 Å². The molecule has 0 aliphatic carbocycles. The van der Waals surface area contributed by atoms with Gasteiger partial charge in [0.1, 0.15) is 0 Å². The van der Waals surface area contributed by atoms with Crippen LogP contribution in [0.5, 0.6) is 0 Å². The van der Waals surface area contributed by atoms with E-state index >= 15 is 0 Å². The molecule has 0 N–H and O–H groups in total. The lowest BCUT2D eigenvalue weighted by molar-refractivity contribution is 1.22. The van der Waals surface area contributed by atoms with Crippen LogP contribution in [0.15, 0.2) is 133 Å². The molecular formula is C40H22N4. The highest BCUT2D eigenvalue weighted by Crippen LogP contribution is 2.43. The van der Waals surface area contributed by atoms with E-state index in [0.29, 0.717) is 5.56 Å². The molecule has 3 aromatic heterocycles. The Bertz CT molecular complexity index is 2830. The van der Waals surface area contributed by atoms with Gasteiger partial charge in [0, 0.05) is 10.8 Å². The van der Waals surface area contributed by atoms with Crippen LogP contribution in [0.25, 0.3) is 87.9 Å². The van der Waals surface area contributed by atoms with Gasteiger partial charge in [-0.1, -0.05) is 84.9 Å². The summed E-state index contributed by atoms with van der Waals surface area (Å²) >= 11 is 0. The maximum absolute atomic E-state index is 9.90. The summed E-state index contributed by atoms with van der Waals surface area (Å²) in [6, 6.07) is 49.5. The number of nitriles is 1. The zero-order chi connectivity index (χ0) is 28.9. The first-order chi connectivity index (χ1) is 21.7. The standard InChI is InChI=1S/C40H22N4/c41-23-24-14-15-31(25-8-2-1-3-9-25)32(16-24)30-18-34-33-17-26-10-4-6-12-28(26)20-36(33)44-39(34)38(22-30)43-37-21-29-13-7-5-11-27(29)19-35(37)42-40(43)44/h1-22H. The van der Waals surface area contributed by atoms with Crippen LogP contribution in [-0.4, -0.2) is 13.8 Å². The molecule has 0 saturated carbocycles. The molecule has 0 radical (unpaired) electrons. The summed E-state index contributed by atoms with van der Waals surface area (Å²) < 4.78 is 4.66. The first-order valence-electron chi connectivity index (χ1n) is 14.8. The number of hydrogen-bond donors (Lipinski definition) is 0. The van der Waals surface area contributed by atoms with Crippen molar-refractivity contribution in [2.24, 2.45) is 0 Å². The number of rotatable bonds is 2. The van der Waals surface area contributed by atoms with Crippen LogP contribution in [0, 0.1) is 11.3 Å². The van der Waals surface area contributed by atoms with E-state index in [0.717, 1.165) is 55.6 Å². The van der Waals surface area contributed by atoms with Crippen LogP contribution in [0.4, 0.5) is 0 Å². The summed E-state index contributed by atoms with van der Waals surface area (Å²) in [5.41, 5.74) is 10.5. The predicted molar refractivity (Wildman–Crippen MR) is 180 cm³/mol. The van der Waals surface area contributed by atoms with Crippen molar-refractivity contribution in [1.29, 1.82) is 5.26 Å². The molecule has 4 nitrogen and oxygen atoms in total. The quantitative estimate of drug-likeness (QED) is 0.212. The normalized spacial score (nSPS) is 12.1. The average molecular weight is 559 g/mol. The van der Waals surface area contributed by atoms with E-state index in [1.165, 1.54) is 32.3 Å². The van der Waals surface area contributed by atoms with Gasteiger partial charge in [0.05, 0.1) is 39.2 Å². The lowest BCUT2D eigenvalue weighted by Crippen LogP contribution is -1.89. The van der Waals surface area contributed by atoms with E-state index in [2.05, 4.69) is 130 Å². The molecule has 0 amide bonds. The third-order valence-electron chi connectivity index (χ3n) is 9.20. The number of hydrogen-bond acceptors (Lipinski definition) is 2. The largest absolute Gasteiger partial charge is 0.277 e. The van der Waals surface area contributed by atoms with E-state index in [1.807, 2.05) is 18.2 Å². The molecule has 0 aliphatic heterocycles. The lowest BCUT2D eigenvalue weighted by atomic mass is 9.92. The third-order valence-corrected chi connectivity index (χ3v) is 9.20. The fourth-order valence-corrected chi connectivity index (χ4v) is 7.20. The van der Waals surface area contributed by atoms with Gasteiger partial charge in [-0.15, -0.1) is 0 Å². The minimum Gasteiger partial charge on any atom is -0.277 e. The summed E-state index contributed by atoms with van der Waals surface area (Å²) in [4.78, 5) is 5.26. The molecule has 4 heteroatoms. The number of imidazole rings is 2. The molecule has 10 rings (SSSR count). The monoisotopic (exact) mass is 558 g/mol. The molecule has 0 aliphatic rings. The smallest absolute Gasteiger partial charge is 0.220 e. The van der Waals surface area contributed by atoms with Gasteiger partial charge in [-0.2, -0.15) is 5.26 Å². The lowest BCUT2D eigenvalue weighted by Gasteiger charge is -2.12. The van der Waals surface area contributed by atoms with Gasteiger partial charge in [0.25, 0.3) is 0 Å². The molecule has 0 fully saturated rings. The molecule has 202 valence electrons.